The largest absolute Gasteiger partial charge is 0.494 e. The van der Waals surface area contributed by atoms with E-state index in [0.717, 1.165) is 11.1 Å². The first-order valence-corrected chi connectivity index (χ1v) is 13.0. The summed E-state index contributed by atoms with van der Waals surface area (Å²) >= 11 is 0. The molecular weight excluding hydrogens is 520 g/mol. The minimum absolute atomic E-state index is 0.142. The summed E-state index contributed by atoms with van der Waals surface area (Å²) in [5.74, 6) is -0.852. The molecule has 0 radical (unpaired) electrons. The number of carboxylic acid groups (broad SMARTS) is 1. The van der Waals surface area contributed by atoms with Gasteiger partial charge in [-0.15, -0.1) is 0 Å². The summed E-state index contributed by atoms with van der Waals surface area (Å²) in [4.78, 5) is 40.7. The average molecular weight is 553 g/mol. The summed E-state index contributed by atoms with van der Waals surface area (Å²) in [5.41, 5.74) is 3.89. The first-order valence-electron chi connectivity index (χ1n) is 13.0. The number of carboxylic acids is 1. The standard InChI is InChI=1S/C32H32N4O5/c1-22-11-7-8-15-27(22)33-32(40)34-28-17-16-25(19-30(28)41-3)36(23(2)37)26-14-9-10-18-35(21-26)29(20-31(38)39)24-12-5-4-6-13-24/h4-19,21,29H,20H2,1-3H3,(H,38,39)(H2,33,34,40). The minimum atomic E-state index is -0.942. The third-order valence-electron chi connectivity index (χ3n) is 6.49. The predicted molar refractivity (Wildman–Crippen MR) is 160 cm³/mol. The molecule has 1 aliphatic rings. The Morgan fingerprint density at radius 3 is 2.34 bits per heavy atom. The molecule has 41 heavy (non-hydrogen) atoms. The van der Waals surface area contributed by atoms with Crippen LogP contribution < -0.4 is 20.3 Å². The van der Waals surface area contributed by atoms with E-state index in [9.17, 15) is 19.5 Å². The highest BCUT2D eigenvalue weighted by Gasteiger charge is 2.24. The summed E-state index contributed by atoms with van der Waals surface area (Å²) in [5, 5.41) is 15.3. The van der Waals surface area contributed by atoms with Gasteiger partial charge in [-0.05, 0) is 48.4 Å². The van der Waals surface area contributed by atoms with Gasteiger partial charge in [0.1, 0.15) is 5.75 Å². The van der Waals surface area contributed by atoms with Crippen LogP contribution in [0, 0.1) is 6.92 Å². The Kier molecular flexibility index (Phi) is 9.21. The number of aryl methyl sites for hydroxylation is 1. The van der Waals surface area contributed by atoms with Crippen LogP contribution in [-0.4, -0.2) is 35.0 Å². The lowest BCUT2D eigenvalue weighted by atomic mass is 10.0. The second-order valence-corrected chi connectivity index (χ2v) is 9.36. The van der Waals surface area contributed by atoms with Gasteiger partial charge >= 0.3 is 12.0 Å². The molecule has 0 saturated carbocycles. The number of urea groups is 1. The number of allylic oxidation sites excluding steroid dienone is 3. The van der Waals surface area contributed by atoms with Crippen LogP contribution in [0.5, 0.6) is 5.75 Å². The predicted octanol–water partition coefficient (Wildman–Crippen LogP) is 6.44. The number of rotatable bonds is 9. The molecular formula is C32H32N4O5. The van der Waals surface area contributed by atoms with Crippen LogP contribution in [0.1, 0.15) is 30.5 Å². The maximum Gasteiger partial charge on any atom is 0.323 e. The Morgan fingerprint density at radius 2 is 1.66 bits per heavy atom. The highest BCUT2D eigenvalue weighted by Crippen LogP contribution is 2.34. The maximum absolute atomic E-state index is 13.0. The Labute approximate surface area is 239 Å². The SMILES string of the molecule is COc1cc(N(C(C)=O)C2=CN(C(CC(=O)O)c3ccccc3)C=CC=C2)ccc1NC(=O)Nc1ccccc1C. The normalized spacial score (nSPS) is 13.0. The molecule has 1 atom stereocenters. The zero-order chi connectivity index (χ0) is 29.4. The smallest absolute Gasteiger partial charge is 0.323 e. The molecule has 1 heterocycles. The number of hydrogen-bond acceptors (Lipinski definition) is 5. The van der Waals surface area contributed by atoms with Crippen molar-refractivity contribution < 1.29 is 24.2 Å². The Hall–Kier alpha value is -5.31. The average Bonchev–Trinajstić information content (AvgIpc) is 3.20. The number of para-hydroxylation sites is 1. The van der Waals surface area contributed by atoms with Crippen LogP contribution in [-0.2, 0) is 9.59 Å². The molecule has 210 valence electrons. The zero-order valence-electron chi connectivity index (χ0n) is 23.1. The van der Waals surface area contributed by atoms with Gasteiger partial charge in [0.05, 0.1) is 36.6 Å². The van der Waals surface area contributed by atoms with E-state index in [2.05, 4.69) is 10.6 Å². The van der Waals surface area contributed by atoms with Crippen LogP contribution in [0.25, 0.3) is 0 Å². The number of methoxy groups -OCH3 is 1. The van der Waals surface area contributed by atoms with Gasteiger partial charge in [0.2, 0.25) is 5.91 Å². The van der Waals surface area contributed by atoms with Gasteiger partial charge in [-0.25, -0.2) is 4.79 Å². The molecule has 1 unspecified atom stereocenters. The van der Waals surface area contributed by atoms with Gasteiger partial charge in [0.15, 0.2) is 0 Å². The number of benzene rings is 3. The number of hydrogen-bond donors (Lipinski definition) is 3. The lowest BCUT2D eigenvalue weighted by molar-refractivity contribution is -0.138. The molecule has 3 aromatic rings. The highest BCUT2D eigenvalue weighted by atomic mass is 16.5. The van der Waals surface area contributed by atoms with Crippen molar-refractivity contribution in [2.75, 3.05) is 22.6 Å². The van der Waals surface area contributed by atoms with Crippen molar-refractivity contribution in [3.63, 3.8) is 0 Å². The van der Waals surface area contributed by atoms with E-state index in [1.807, 2.05) is 61.5 Å². The summed E-state index contributed by atoms with van der Waals surface area (Å²) in [6.45, 7) is 3.34. The summed E-state index contributed by atoms with van der Waals surface area (Å²) in [6.07, 6.45) is 8.74. The van der Waals surface area contributed by atoms with Gasteiger partial charge in [-0.3, -0.25) is 14.5 Å². The monoisotopic (exact) mass is 552 g/mol. The maximum atomic E-state index is 13.0. The number of anilines is 3. The third kappa shape index (κ3) is 7.21. The van der Waals surface area contributed by atoms with Crippen molar-refractivity contribution in [2.24, 2.45) is 0 Å². The summed E-state index contributed by atoms with van der Waals surface area (Å²) < 4.78 is 5.56. The van der Waals surface area contributed by atoms with Gasteiger partial charge in [-0.1, -0.05) is 54.6 Å². The number of carbonyl (C=O) groups excluding carboxylic acids is 2. The van der Waals surface area contributed by atoms with Gasteiger partial charge in [0.25, 0.3) is 0 Å². The molecule has 3 amide bonds. The summed E-state index contributed by atoms with van der Waals surface area (Å²) in [6, 6.07) is 20.9. The van der Waals surface area contributed by atoms with E-state index in [1.54, 1.807) is 53.7 Å². The molecule has 3 N–H and O–H groups in total. The highest BCUT2D eigenvalue weighted by molar-refractivity contribution is 6.02. The number of carbonyl (C=O) groups is 3. The number of aliphatic carboxylic acids is 1. The van der Waals surface area contributed by atoms with Crippen LogP contribution in [0.15, 0.2) is 109 Å². The molecule has 1 aliphatic heterocycles. The van der Waals surface area contributed by atoms with E-state index < -0.39 is 18.0 Å². The third-order valence-corrected chi connectivity index (χ3v) is 6.49. The molecule has 3 aromatic carbocycles. The van der Waals surface area contributed by atoms with Crippen LogP contribution >= 0.6 is 0 Å². The van der Waals surface area contributed by atoms with E-state index in [1.165, 1.54) is 18.9 Å². The molecule has 0 spiro atoms. The fraction of sp³-hybridized carbons (Fsp3) is 0.156. The number of amides is 3. The fourth-order valence-corrected chi connectivity index (χ4v) is 4.53. The fourth-order valence-electron chi connectivity index (χ4n) is 4.53. The zero-order valence-corrected chi connectivity index (χ0v) is 23.1. The van der Waals surface area contributed by atoms with Crippen molar-refractivity contribution >= 4 is 35.0 Å². The topological polar surface area (TPSA) is 111 Å². The number of nitrogens with one attached hydrogen (secondary N) is 2. The Bertz CT molecular complexity index is 1510. The Morgan fingerprint density at radius 1 is 0.951 bits per heavy atom. The summed E-state index contributed by atoms with van der Waals surface area (Å²) in [7, 11) is 1.48. The van der Waals surface area contributed by atoms with E-state index >= 15 is 0 Å². The van der Waals surface area contributed by atoms with Crippen LogP contribution in [0.2, 0.25) is 0 Å². The molecule has 4 rings (SSSR count). The molecule has 0 aliphatic carbocycles. The molecule has 9 nitrogen and oxygen atoms in total. The van der Waals surface area contributed by atoms with Crippen LogP contribution in [0.3, 0.4) is 0 Å². The molecule has 9 heteroatoms. The van der Waals surface area contributed by atoms with Gasteiger partial charge in [-0.2, -0.15) is 0 Å². The quantitative estimate of drug-likeness (QED) is 0.282. The number of ether oxygens (including phenoxy) is 1. The molecule has 0 saturated heterocycles. The first kappa shape index (κ1) is 28.7. The van der Waals surface area contributed by atoms with Gasteiger partial charge < -0.3 is 25.4 Å². The first-order chi connectivity index (χ1) is 19.8. The second-order valence-electron chi connectivity index (χ2n) is 9.36. The lowest BCUT2D eigenvalue weighted by Crippen LogP contribution is -2.29. The van der Waals surface area contributed by atoms with Crippen molar-refractivity contribution in [2.45, 2.75) is 26.3 Å². The lowest BCUT2D eigenvalue weighted by Gasteiger charge is -2.30. The second kappa shape index (κ2) is 13.2. The van der Waals surface area contributed by atoms with Gasteiger partial charge in [0, 0.05) is 31.1 Å². The Balaban J connectivity index is 1.64. The van der Waals surface area contributed by atoms with Crippen molar-refractivity contribution in [1.29, 1.82) is 0 Å². The number of nitrogens with zero attached hydrogens (tertiary/aromatic N) is 2. The minimum Gasteiger partial charge on any atom is -0.494 e. The molecule has 0 aromatic heterocycles. The molecule has 0 fully saturated rings. The van der Waals surface area contributed by atoms with Crippen LogP contribution in [0.4, 0.5) is 21.9 Å². The van der Waals surface area contributed by atoms with Crippen molar-refractivity contribution in [3.05, 3.63) is 120 Å². The molecule has 0 bridgehead atoms. The van der Waals surface area contributed by atoms with E-state index in [-0.39, 0.29) is 12.3 Å². The van der Waals surface area contributed by atoms with E-state index in [4.69, 9.17) is 4.74 Å². The van der Waals surface area contributed by atoms with Crippen molar-refractivity contribution in [3.8, 4) is 5.75 Å². The van der Waals surface area contributed by atoms with Crippen molar-refractivity contribution in [1.82, 2.24) is 4.90 Å². The van der Waals surface area contributed by atoms with E-state index in [0.29, 0.717) is 28.5 Å².